The Morgan fingerprint density at radius 1 is 0.833 bits per heavy atom. The second-order valence-electron chi connectivity index (χ2n) is 8.21. The Bertz CT molecular complexity index is 1490. The molecule has 0 fully saturated rings. The Morgan fingerprint density at radius 2 is 1.39 bits per heavy atom. The Kier molecular flexibility index (Phi) is 6.96. The summed E-state index contributed by atoms with van der Waals surface area (Å²) < 4.78 is 8.45. The van der Waals surface area contributed by atoms with Gasteiger partial charge in [0.05, 0.1) is 16.9 Å². The third-order valence-electron chi connectivity index (χ3n) is 5.88. The lowest BCUT2D eigenvalue weighted by atomic mass is 9.98. The minimum Gasteiger partial charge on any atom is -0.449 e. The molecule has 0 bridgehead atoms. The molecule has 8 nitrogen and oxygen atoms in total. The van der Waals surface area contributed by atoms with Gasteiger partial charge in [-0.05, 0) is 32.0 Å². The first kappa shape index (κ1) is 24.4. The van der Waals surface area contributed by atoms with E-state index in [4.69, 9.17) is 4.74 Å². The number of aromatic nitrogens is 2. The molecular formula is C28H25N3O5. The van der Waals surface area contributed by atoms with Gasteiger partial charge in [-0.3, -0.25) is 19.1 Å². The molecule has 0 aliphatic rings. The molecule has 0 saturated carbocycles. The minimum atomic E-state index is -1.22. The molecule has 0 aliphatic carbocycles. The van der Waals surface area contributed by atoms with Gasteiger partial charge in [0.2, 0.25) is 0 Å². The predicted octanol–water partition coefficient (Wildman–Crippen LogP) is 3.90. The maximum atomic E-state index is 13.0. The number of ketones is 1. The summed E-state index contributed by atoms with van der Waals surface area (Å²) in [6.07, 6.45) is -1.22. The molecule has 3 aromatic carbocycles. The summed E-state index contributed by atoms with van der Waals surface area (Å²) in [7, 11) is 1.71. The molecule has 1 amide bonds. The van der Waals surface area contributed by atoms with Crippen molar-refractivity contribution in [2.45, 2.75) is 20.0 Å². The van der Waals surface area contributed by atoms with Gasteiger partial charge < -0.3 is 10.1 Å². The number of hydrogen-bond donors (Lipinski definition) is 1. The number of anilines is 1. The largest absolute Gasteiger partial charge is 0.449 e. The monoisotopic (exact) mass is 483 g/mol. The van der Waals surface area contributed by atoms with E-state index in [1.807, 2.05) is 18.2 Å². The van der Waals surface area contributed by atoms with Gasteiger partial charge in [-0.2, -0.15) is 0 Å². The number of hydrogen-bond acceptors (Lipinski definition) is 5. The van der Waals surface area contributed by atoms with E-state index in [1.54, 1.807) is 73.3 Å². The zero-order valence-corrected chi connectivity index (χ0v) is 20.1. The number of amides is 1. The van der Waals surface area contributed by atoms with Crippen molar-refractivity contribution < 1.29 is 19.1 Å². The van der Waals surface area contributed by atoms with Gasteiger partial charge in [-0.15, -0.1) is 0 Å². The highest BCUT2D eigenvalue weighted by Crippen LogP contribution is 2.18. The van der Waals surface area contributed by atoms with Crippen molar-refractivity contribution in [2.75, 3.05) is 5.32 Å². The normalized spacial score (nSPS) is 11.5. The first-order valence-corrected chi connectivity index (χ1v) is 11.3. The third-order valence-corrected chi connectivity index (χ3v) is 5.88. The lowest BCUT2D eigenvalue weighted by Crippen LogP contribution is -2.32. The van der Waals surface area contributed by atoms with E-state index in [2.05, 4.69) is 5.32 Å². The zero-order chi connectivity index (χ0) is 25.8. The van der Waals surface area contributed by atoms with Crippen molar-refractivity contribution in [3.05, 3.63) is 118 Å². The molecule has 1 aromatic heterocycles. The van der Waals surface area contributed by atoms with Gasteiger partial charge in [-0.25, -0.2) is 9.48 Å². The van der Waals surface area contributed by atoms with Crippen LogP contribution in [0.25, 0.3) is 5.69 Å². The molecule has 1 N–H and O–H groups in total. The fourth-order valence-corrected chi connectivity index (χ4v) is 3.82. The van der Waals surface area contributed by atoms with E-state index in [0.717, 1.165) is 0 Å². The summed E-state index contributed by atoms with van der Waals surface area (Å²) in [4.78, 5) is 51.8. The van der Waals surface area contributed by atoms with Crippen LogP contribution in [0.15, 0.2) is 89.7 Å². The average Bonchev–Trinajstić information content (AvgIpc) is 3.11. The van der Waals surface area contributed by atoms with Crippen molar-refractivity contribution in [1.82, 2.24) is 9.36 Å². The van der Waals surface area contributed by atoms with E-state index in [0.29, 0.717) is 16.9 Å². The molecule has 4 aromatic rings. The Hall–Kier alpha value is -4.72. The van der Waals surface area contributed by atoms with Crippen molar-refractivity contribution >= 4 is 23.3 Å². The third kappa shape index (κ3) is 4.74. The molecule has 0 saturated heterocycles. The number of para-hydroxylation sites is 1. The van der Waals surface area contributed by atoms with E-state index in [-0.39, 0.29) is 22.6 Å². The van der Waals surface area contributed by atoms with Crippen LogP contribution >= 0.6 is 0 Å². The lowest BCUT2D eigenvalue weighted by molar-refractivity contribution is -0.123. The number of carbonyl (C=O) groups is 3. The van der Waals surface area contributed by atoms with Gasteiger partial charge in [0.1, 0.15) is 5.69 Å². The van der Waals surface area contributed by atoms with E-state index >= 15 is 0 Å². The highest BCUT2D eigenvalue weighted by atomic mass is 16.5. The molecule has 0 unspecified atom stereocenters. The maximum absolute atomic E-state index is 13.0. The molecule has 1 heterocycles. The number of nitrogens with zero attached hydrogens (tertiary/aromatic N) is 2. The lowest BCUT2D eigenvalue weighted by Gasteiger charge is -2.14. The highest BCUT2D eigenvalue weighted by Gasteiger charge is 2.25. The summed E-state index contributed by atoms with van der Waals surface area (Å²) in [6, 6.07) is 23.9. The summed E-state index contributed by atoms with van der Waals surface area (Å²) in [5, 5.41) is 2.59. The van der Waals surface area contributed by atoms with Crippen LogP contribution in [0.1, 0.15) is 38.9 Å². The molecule has 1 atom stereocenters. The van der Waals surface area contributed by atoms with Gasteiger partial charge >= 0.3 is 5.97 Å². The van der Waals surface area contributed by atoms with E-state index in [1.165, 1.54) is 23.7 Å². The summed E-state index contributed by atoms with van der Waals surface area (Å²) in [5.74, 6) is -1.81. The average molecular weight is 484 g/mol. The number of esters is 1. The molecule has 4 rings (SSSR count). The van der Waals surface area contributed by atoms with E-state index in [9.17, 15) is 19.2 Å². The maximum Gasteiger partial charge on any atom is 0.339 e. The summed E-state index contributed by atoms with van der Waals surface area (Å²) in [6.45, 7) is 3.11. The van der Waals surface area contributed by atoms with Crippen LogP contribution in [0.4, 0.5) is 5.69 Å². The number of ether oxygens (including phenoxy) is 1. The zero-order valence-electron chi connectivity index (χ0n) is 20.1. The fourth-order valence-electron chi connectivity index (χ4n) is 3.82. The van der Waals surface area contributed by atoms with Crippen LogP contribution in [0.2, 0.25) is 0 Å². The van der Waals surface area contributed by atoms with Gasteiger partial charge in [-0.1, -0.05) is 66.7 Å². The van der Waals surface area contributed by atoms with Crippen molar-refractivity contribution in [1.29, 1.82) is 0 Å². The minimum absolute atomic E-state index is 0.0494. The summed E-state index contributed by atoms with van der Waals surface area (Å²) in [5.41, 5.74) is 1.51. The van der Waals surface area contributed by atoms with Crippen LogP contribution in [0.5, 0.6) is 0 Å². The van der Waals surface area contributed by atoms with Gasteiger partial charge in [0.15, 0.2) is 11.9 Å². The Morgan fingerprint density at radius 3 is 2.03 bits per heavy atom. The van der Waals surface area contributed by atoms with Crippen molar-refractivity contribution in [3.63, 3.8) is 0 Å². The Labute approximate surface area is 207 Å². The van der Waals surface area contributed by atoms with Crippen LogP contribution < -0.4 is 10.9 Å². The molecule has 0 radical (unpaired) electrons. The smallest absolute Gasteiger partial charge is 0.339 e. The van der Waals surface area contributed by atoms with Crippen LogP contribution in [0, 0.1) is 6.92 Å². The van der Waals surface area contributed by atoms with Crippen molar-refractivity contribution in [2.24, 2.45) is 7.05 Å². The van der Waals surface area contributed by atoms with Crippen LogP contribution in [-0.2, 0) is 16.6 Å². The Balaban J connectivity index is 1.53. The first-order chi connectivity index (χ1) is 17.3. The predicted molar refractivity (Wildman–Crippen MR) is 136 cm³/mol. The SMILES string of the molecule is Cc1c(NC(=O)[C@@H](C)OC(=O)c2ccccc2C(=O)c2ccccc2)c(=O)n(-c2ccccc2)n1C. The van der Waals surface area contributed by atoms with E-state index < -0.39 is 23.5 Å². The van der Waals surface area contributed by atoms with Crippen molar-refractivity contribution in [3.8, 4) is 5.69 Å². The quantitative estimate of drug-likeness (QED) is 0.318. The molecular weight excluding hydrogens is 458 g/mol. The van der Waals surface area contributed by atoms with Gasteiger partial charge in [0.25, 0.3) is 11.5 Å². The number of rotatable bonds is 7. The van der Waals surface area contributed by atoms with Crippen LogP contribution in [0.3, 0.4) is 0 Å². The number of benzene rings is 3. The summed E-state index contributed by atoms with van der Waals surface area (Å²) >= 11 is 0. The standard InChI is InChI=1S/C28H25N3O5/c1-18-24(27(34)31(30(18)3)21-14-8-5-9-15-21)29-26(33)19(2)36-28(35)23-17-11-10-16-22(23)25(32)20-12-6-4-7-13-20/h4-17,19H,1-3H3,(H,29,33)/t19-/m1/s1. The highest BCUT2D eigenvalue weighted by molar-refractivity contribution is 6.14. The molecule has 0 aliphatic heterocycles. The second kappa shape index (κ2) is 10.3. The molecule has 36 heavy (non-hydrogen) atoms. The fraction of sp³-hybridized carbons (Fsp3) is 0.143. The first-order valence-electron chi connectivity index (χ1n) is 11.3. The van der Waals surface area contributed by atoms with Crippen LogP contribution in [-0.4, -0.2) is 33.1 Å². The topological polar surface area (TPSA) is 99.4 Å². The van der Waals surface area contributed by atoms with Gasteiger partial charge in [0, 0.05) is 18.2 Å². The second-order valence-corrected chi connectivity index (χ2v) is 8.21. The molecule has 8 heteroatoms. The molecule has 0 spiro atoms. The number of carbonyl (C=O) groups excluding carboxylic acids is 3. The number of nitrogens with one attached hydrogen (secondary N) is 1. The molecule has 182 valence electrons.